The normalized spacial score (nSPS) is 11.5. The van der Waals surface area contributed by atoms with Crippen molar-refractivity contribution in [1.29, 1.82) is 5.26 Å². The van der Waals surface area contributed by atoms with Gasteiger partial charge < -0.3 is 9.13 Å². The van der Waals surface area contributed by atoms with Crippen molar-refractivity contribution in [3.63, 3.8) is 0 Å². The predicted octanol–water partition coefficient (Wildman–Crippen LogP) is 15.2. The van der Waals surface area contributed by atoms with Crippen LogP contribution in [0.5, 0.6) is 0 Å². The molecule has 4 heterocycles. The van der Waals surface area contributed by atoms with Gasteiger partial charge in [-0.05, 0) is 95.1 Å². The van der Waals surface area contributed by atoms with Crippen LogP contribution >= 0.6 is 0 Å². The van der Waals surface area contributed by atoms with E-state index in [1.54, 1.807) is 0 Å². The van der Waals surface area contributed by atoms with E-state index in [-0.39, 0.29) is 0 Å². The molecule has 0 fully saturated rings. The lowest BCUT2D eigenvalue weighted by Gasteiger charge is -2.18. The van der Waals surface area contributed by atoms with Gasteiger partial charge in [0.2, 0.25) is 0 Å². The smallest absolute Gasteiger partial charge is 0.126 e. The molecule has 0 aliphatic heterocycles. The average molecular weight is 852 g/mol. The molecule has 7 heteroatoms. The molecule has 0 spiro atoms. The number of hydrogen-bond acceptors (Lipinski definition) is 3. The van der Waals surface area contributed by atoms with Gasteiger partial charge >= 0.3 is 0 Å². The zero-order valence-corrected chi connectivity index (χ0v) is 35.2. The van der Waals surface area contributed by atoms with Crippen LogP contribution in [0.1, 0.15) is 5.56 Å². The Hall–Kier alpha value is -8.99. The third kappa shape index (κ3) is 6.51. The van der Waals surface area contributed by atoms with Crippen molar-refractivity contribution in [3.8, 4) is 73.3 Å². The summed E-state index contributed by atoms with van der Waals surface area (Å²) in [6, 6.07) is 67.2. The number of para-hydroxylation sites is 2. The maximum Gasteiger partial charge on any atom is 0.126 e. The largest absolute Gasteiger partial charge is 0.308 e. The first-order valence-electron chi connectivity index (χ1n) is 21.6. The Kier molecular flexibility index (Phi) is 9.18. The molecule has 0 unspecified atom stereocenters. The van der Waals surface area contributed by atoms with Gasteiger partial charge in [-0.25, -0.2) is 8.78 Å². The van der Waals surface area contributed by atoms with Crippen LogP contribution in [0.15, 0.2) is 213 Å². The number of pyridine rings is 2. The standard InChI is InChI=1S/C59H35F2N5/c60-45-27-43(28-46(61)33-45)44-31-58(65-54-17-9-7-15-47(54)49-29-39(21-25-56(49)65)41-19-23-52(63-35-41)37-11-3-1-4-12-37)51(34-62)59(32-44)66-55-18-10-8-16-48(55)50-30-40(22-26-57(50)66)42-20-24-53(64-36-42)38-13-5-2-6-14-38/h1-33,35-36H. The van der Waals surface area contributed by atoms with Gasteiger partial charge in [0.1, 0.15) is 23.3 Å². The summed E-state index contributed by atoms with van der Waals surface area (Å²) in [6.07, 6.45) is 3.80. The number of nitrogens with zero attached hydrogens (tertiary/aromatic N) is 5. The Balaban J connectivity index is 1.07. The monoisotopic (exact) mass is 851 g/mol. The summed E-state index contributed by atoms with van der Waals surface area (Å²) in [5.74, 6) is -1.38. The van der Waals surface area contributed by atoms with Gasteiger partial charge in [-0.1, -0.05) is 121 Å². The van der Waals surface area contributed by atoms with Crippen molar-refractivity contribution in [3.05, 3.63) is 230 Å². The number of hydrogen-bond donors (Lipinski definition) is 0. The molecule has 0 N–H and O–H groups in total. The topological polar surface area (TPSA) is 59.4 Å². The van der Waals surface area contributed by atoms with Crippen molar-refractivity contribution in [2.45, 2.75) is 0 Å². The molecule has 0 saturated carbocycles. The maximum atomic E-state index is 15.1. The number of nitriles is 1. The zero-order valence-electron chi connectivity index (χ0n) is 35.2. The van der Waals surface area contributed by atoms with E-state index in [0.717, 1.165) is 94.4 Å². The Labute approximate surface area is 378 Å². The van der Waals surface area contributed by atoms with E-state index in [4.69, 9.17) is 9.97 Å². The van der Waals surface area contributed by atoms with Crippen LogP contribution in [0, 0.1) is 23.0 Å². The quantitative estimate of drug-likeness (QED) is 0.160. The van der Waals surface area contributed by atoms with E-state index in [1.165, 1.54) is 12.1 Å². The average Bonchev–Trinajstić information content (AvgIpc) is 3.88. The summed E-state index contributed by atoms with van der Waals surface area (Å²) in [4.78, 5) is 9.61. The minimum atomic E-state index is -0.691. The van der Waals surface area contributed by atoms with Gasteiger partial charge in [-0.3, -0.25) is 9.97 Å². The molecule has 4 aromatic heterocycles. The van der Waals surface area contributed by atoms with Crippen LogP contribution in [0.25, 0.3) is 111 Å². The highest BCUT2D eigenvalue weighted by molar-refractivity contribution is 6.12. The molecule has 0 saturated heterocycles. The molecule has 0 bridgehead atoms. The molecule has 5 nitrogen and oxygen atoms in total. The van der Waals surface area contributed by atoms with Crippen molar-refractivity contribution in [2.75, 3.05) is 0 Å². The van der Waals surface area contributed by atoms with Gasteiger partial charge in [0, 0.05) is 62.3 Å². The summed E-state index contributed by atoms with van der Waals surface area (Å²) in [5, 5.41) is 15.4. The zero-order chi connectivity index (χ0) is 44.3. The summed E-state index contributed by atoms with van der Waals surface area (Å²) in [5.41, 5.74) is 13.8. The number of halogens is 2. The highest BCUT2D eigenvalue weighted by atomic mass is 19.1. The summed E-state index contributed by atoms with van der Waals surface area (Å²) in [6.45, 7) is 0. The van der Waals surface area contributed by atoms with Crippen LogP contribution in [-0.4, -0.2) is 19.1 Å². The molecule has 66 heavy (non-hydrogen) atoms. The van der Waals surface area contributed by atoms with Crippen LogP contribution < -0.4 is 0 Å². The molecule has 0 aliphatic rings. The molecular formula is C59H35F2N5. The minimum absolute atomic E-state index is 0.350. The molecule has 0 atom stereocenters. The second kappa shape index (κ2) is 15.7. The summed E-state index contributed by atoms with van der Waals surface area (Å²) >= 11 is 0. The van der Waals surface area contributed by atoms with Crippen LogP contribution in [0.3, 0.4) is 0 Å². The minimum Gasteiger partial charge on any atom is -0.308 e. The molecule has 12 rings (SSSR count). The molecule has 0 amide bonds. The molecule has 0 aliphatic carbocycles. The highest BCUT2D eigenvalue weighted by Crippen LogP contribution is 2.42. The van der Waals surface area contributed by atoms with E-state index in [0.29, 0.717) is 28.1 Å². The van der Waals surface area contributed by atoms with Crippen LogP contribution in [0.2, 0.25) is 0 Å². The van der Waals surface area contributed by atoms with Crippen molar-refractivity contribution >= 4 is 43.6 Å². The van der Waals surface area contributed by atoms with Gasteiger partial charge in [-0.2, -0.15) is 5.26 Å². The number of rotatable bonds is 7. The van der Waals surface area contributed by atoms with Gasteiger partial charge in [0.15, 0.2) is 0 Å². The molecule has 0 radical (unpaired) electrons. The molecule has 8 aromatic carbocycles. The lowest BCUT2D eigenvalue weighted by Crippen LogP contribution is -2.05. The third-order valence-electron chi connectivity index (χ3n) is 12.6. The van der Waals surface area contributed by atoms with Crippen LogP contribution in [-0.2, 0) is 0 Å². The van der Waals surface area contributed by atoms with Gasteiger partial charge in [0.25, 0.3) is 0 Å². The lowest BCUT2D eigenvalue weighted by atomic mass is 9.99. The van der Waals surface area contributed by atoms with Crippen molar-refractivity contribution < 1.29 is 8.78 Å². The second-order valence-electron chi connectivity index (χ2n) is 16.4. The second-order valence-corrected chi connectivity index (χ2v) is 16.4. The SMILES string of the molecule is N#Cc1c(-n2c3ccccc3c3cc(-c4ccc(-c5ccccc5)nc4)ccc32)cc(-c2cc(F)cc(F)c2)cc1-n1c2ccccc2c2cc(-c3ccc(-c4ccccc4)nc3)ccc21. The Morgan fingerprint density at radius 2 is 0.758 bits per heavy atom. The first-order chi connectivity index (χ1) is 32.5. The number of benzene rings is 8. The number of fused-ring (bicyclic) bond motifs is 6. The Morgan fingerprint density at radius 1 is 0.348 bits per heavy atom. The van der Waals surface area contributed by atoms with E-state index in [9.17, 15) is 5.26 Å². The Bertz CT molecular complexity index is 3640. The predicted molar refractivity (Wildman–Crippen MR) is 263 cm³/mol. The van der Waals surface area contributed by atoms with E-state index >= 15 is 8.78 Å². The van der Waals surface area contributed by atoms with Crippen LogP contribution in [0.4, 0.5) is 8.78 Å². The molecular weight excluding hydrogens is 817 g/mol. The van der Waals surface area contributed by atoms with E-state index < -0.39 is 11.6 Å². The summed E-state index contributed by atoms with van der Waals surface area (Å²) < 4.78 is 34.4. The third-order valence-corrected chi connectivity index (χ3v) is 12.6. The fourth-order valence-corrected chi connectivity index (χ4v) is 9.48. The van der Waals surface area contributed by atoms with Crippen molar-refractivity contribution in [1.82, 2.24) is 19.1 Å². The lowest BCUT2D eigenvalue weighted by molar-refractivity contribution is 0.584. The van der Waals surface area contributed by atoms with Crippen molar-refractivity contribution in [2.24, 2.45) is 0 Å². The number of aromatic nitrogens is 4. The van der Waals surface area contributed by atoms with Gasteiger partial charge in [-0.15, -0.1) is 0 Å². The van der Waals surface area contributed by atoms with Gasteiger partial charge in [0.05, 0.1) is 44.8 Å². The first kappa shape index (κ1) is 38.7. The molecule has 12 aromatic rings. The fraction of sp³-hybridized carbons (Fsp3) is 0. The van der Waals surface area contributed by atoms with E-state index in [1.807, 2.05) is 134 Å². The fourth-order valence-electron chi connectivity index (χ4n) is 9.48. The summed E-state index contributed by atoms with van der Waals surface area (Å²) in [7, 11) is 0. The molecule has 310 valence electrons. The first-order valence-corrected chi connectivity index (χ1v) is 21.6. The van der Waals surface area contributed by atoms with E-state index in [2.05, 4.69) is 75.9 Å². The maximum absolute atomic E-state index is 15.1. The Morgan fingerprint density at radius 3 is 1.20 bits per heavy atom. The highest BCUT2D eigenvalue weighted by Gasteiger charge is 2.23.